The Morgan fingerprint density at radius 3 is 1.55 bits per heavy atom. The third-order valence-electron chi connectivity index (χ3n) is 3.75. The minimum absolute atomic E-state index is 0.308. The Morgan fingerprint density at radius 2 is 1.18 bits per heavy atom. The van der Waals surface area contributed by atoms with Crippen LogP contribution in [0.15, 0.2) is 48.5 Å². The zero-order valence-corrected chi connectivity index (χ0v) is 14.6. The Balaban J connectivity index is 2.23. The van der Waals surface area contributed by atoms with Crippen LogP contribution in [0.4, 0.5) is 0 Å². The molecule has 0 heterocycles. The van der Waals surface area contributed by atoms with E-state index in [-0.39, 0.29) is 7.92 Å². The smallest absolute Gasteiger partial charge is 0.118 e. The SMILES string of the molecule is CCCCCP(c1ccc(OC)cc1)c1ccc(OC)cc1. The molecular weight excluding hydrogens is 291 g/mol. The lowest BCUT2D eigenvalue weighted by atomic mass is 10.3. The van der Waals surface area contributed by atoms with Gasteiger partial charge in [0.2, 0.25) is 0 Å². The normalized spacial score (nSPS) is 10.7. The Labute approximate surface area is 135 Å². The molecule has 0 aliphatic rings. The zero-order chi connectivity index (χ0) is 15.8. The molecule has 2 aromatic carbocycles. The van der Waals surface area contributed by atoms with Crippen molar-refractivity contribution in [3.05, 3.63) is 48.5 Å². The molecule has 0 spiro atoms. The van der Waals surface area contributed by atoms with Gasteiger partial charge in [0.05, 0.1) is 14.2 Å². The lowest BCUT2D eigenvalue weighted by molar-refractivity contribution is 0.415. The van der Waals surface area contributed by atoms with Gasteiger partial charge in [0.25, 0.3) is 0 Å². The maximum absolute atomic E-state index is 5.27. The van der Waals surface area contributed by atoms with Crippen LogP contribution in [-0.2, 0) is 0 Å². The summed E-state index contributed by atoms with van der Waals surface area (Å²) in [6.45, 7) is 2.25. The molecule has 0 fully saturated rings. The standard InChI is InChI=1S/C19H25O2P/c1-4-5-6-15-22(18-11-7-16(20-2)8-12-18)19-13-9-17(21-3)10-14-19/h7-14H,4-6,15H2,1-3H3. The van der Waals surface area contributed by atoms with E-state index < -0.39 is 0 Å². The molecule has 0 N–H and O–H groups in total. The van der Waals surface area contributed by atoms with Crippen molar-refractivity contribution < 1.29 is 9.47 Å². The molecule has 0 aliphatic carbocycles. The lowest BCUT2D eigenvalue weighted by Crippen LogP contribution is -2.14. The van der Waals surface area contributed by atoms with Crippen molar-refractivity contribution >= 4 is 18.5 Å². The molecule has 0 saturated carbocycles. The first-order chi connectivity index (χ1) is 10.8. The highest BCUT2D eigenvalue weighted by Crippen LogP contribution is 2.35. The molecule has 0 radical (unpaired) electrons. The van der Waals surface area contributed by atoms with E-state index in [4.69, 9.17) is 9.47 Å². The van der Waals surface area contributed by atoms with E-state index in [9.17, 15) is 0 Å². The molecule has 0 amide bonds. The average Bonchev–Trinajstić information content (AvgIpc) is 2.59. The number of hydrogen-bond donors (Lipinski definition) is 0. The van der Waals surface area contributed by atoms with E-state index in [1.165, 1.54) is 36.0 Å². The molecule has 3 heteroatoms. The van der Waals surface area contributed by atoms with Gasteiger partial charge in [-0.15, -0.1) is 0 Å². The summed E-state index contributed by atoms with van der Waals surface area (Å²) < 4.78 is 10.5. The van der Waals surface area contributed by atoms with E-state index in [2.05, 4.69) is 55.5 Å². The van der Waals surface area contributed by atoms with Gasteiger partial charge in [0.1, 0.15) is 11.5 Å². The summed E-state index contributed by atoms with van der Waals surface area (Å²) in [6, 6.07) is 17.1. The number of rotatable bonds is 8. The Bertz CT molecular complexity index is 501. The van der Waals surface area contributed by atoms with Crippen LogP contribution in [0.3, 0.4) is 0 Å². The summed E-state index contributed by atoms with van der Waals surface area (Å²) in [5.41, 5.74) is 0. The number of unbranched alkanes of at least 4 members (excludes halogenated alkanes) is 2. The van der Waals surface area contributed by atoms with E-state index in [0.29, 0.717) is 0 Å². The van der Waals surface area contributed by atoms with Gasteiger partial charge in [-0.2, -0.15) is 0 Å². The summed E-state index contributed by atoms with van der Waals surface area (Å²) in [5.74, 6) is 1.84. The molecule has 2 aromatic rings. The molecule has 0 aromatic heterocycles. The molecule has 118 valence electrons. The van der Waals surface area contributed by atoms with Crippen LogP contribution in [0.1, 0.15) is 26.2 Å². The van der Waals surface area contributed by atoms with E-state index in [1.807, 2.05) is 0 Å². The second-order valence-electron chi connectivity index (χ2n) is 5.25. The fourth-order valence-electron chi connectivity index (χ4n) is 2.45. The van der Waals surface area contributed by atoms with Crippen LogP contribution in [0.5, 0.6) is 11.5 Å². The monoisotopic (exact) mass is 316 g/mol. The highest BCUT2D eigenvalue weighted by atomic mass is 31.1. The van der Waals surface area contributed by atoms with Crippen molar-refractivity contribution in [3.8, 4) is 11.5 Å². The van der Waals surface area contributed by atoms with E-state index in [1.54, 1.807) is 14.2 Å². The van der Waals surface area contributed by atoms with Gasteiger partial charge in [-0.1, -0.05) is 44.0 Å². The highest BCUT2D eigenvalue weighted by molar-refractivity contribution is 7.73. The summed E-state index contributed by atoms with van der Waals surface area (Å²) in [7, 11) is 3.11. The largest absolute Gasteiger partial charge is 0.497 e. The van der Waals surface area contributed by atoms with Crippen LogP contribution in [0, 0.1) is 0 Å². The predicted molar refractivity (Wildman–Crippen MR) is 96.6 cm³/mol. The van der Waals surface area contributed by atoms with Crippen molar-refractivity contribution in [2.45, 2.75) is 26.2 Å². The predicted octanol–water partition coefficient (Wildman–Crippen LogP) is 4.33. The minimum atomic E-state index is -0.308. The Morgan fingerprint density at radius 1 is 0.727 bits per heavy atom. The van der Waals surface area contributed by atoms with Gasteiger partial charge >= 0.3 is 0 Å². The van der Waals surface area contributed by atoms with Gasteiger partial charge < -0.3 is 9.47 Å². The van der Waals surface area contributed by atoms with Gasteiger partial charge in [-0.05, 0) is 55.4 Å². The van der Waals surface area contributed by atoms with Gasteiger partial charge in [0, 0.05) is 0 Å². The number of ether oxygens (including phenoxy) is 2. The van der Waals surface area contributed by atoms with Crippen molar-refractivity contribution in [2.75, 3.05) is 20.4 Å². The van der Waals surface area contributed by atoms with Crippen LogP contribution in [0.25, 0.3) is 0 Å². The fourth-order valence-corrected chi connectivity index (χ4v) is 4.82. The van der Waals surface area contributed by atoms with E-state index >= 15 is 0 Å². The van der Waals surface area contributed by atoms with Crippen molar-refractivity contribution in [2.24, 2.45) is 0 Å². The average molecular weight is 316 g/mol. The first kappa shape index (κ1) is 16.8. The second-order valence-corrected chi connectivity index (χ2v) is 7.59. The van der Waals surface area contributed by atoms with Crippen LogP contribution < -0.4 is 20.1 Å². The summed E-state index contributed by atoms with van der Waals surface area (Å²) in [5, 5.41) is 2.83. The van der Waals surface area contributed by atoms with Gasteiger partial charge in [-0.25, -0.2) is 0 Å². The van der Waals surface area contributed by atoms with Crippen molar-refractivity contribution in [1.82, 2.24) is 0 Å². The lowest BCUT2D eigenvalue weighted by Gasteiger charge is -2.19. The molecule has 22 heavy (non-hydrogen) atoms. The van der Waals surface area contributed by atoms with Gasteiger partial charge in [-0.3, -0.25) is 0 Å². The fraction of sp³-hybridized carbons (Fsp3) is 0.368. The maximum Gasteiger partial charge on any atom is 0.118 e. The van der Waals surface area contributed by atoms with Crippen molar-refractivity contribution in [1.29, 1.82) is 0 Å². The number of benzene rings is 2. The third-order valence-corrected chi connectivity index (χ3v) is 6.36. The molecule has 2 nitrogen and oxygen atoms in total. The van der Waals surface area contributed by atoms with Crippen LogP contribution in [-0.4, -0.2) is 20.4 Å². The summed E-state index contributed by atoms with van der Waals surface area (Å²) in [6.07, 6.45) is 5.07. The third kappa shape index (κ3) is 4.48. The first-order valence-corrected chi connectivity index (χ1v) is 9.36. The Kier molecular flexibility index (Phi) is 6.74. The molecule has 0 bridgehead atoms. The van der Waals surface area contributed by atoms with E-state index in [0.717, 1.165) is 11.5 Å². The zero-order valence-electron chi connectivity index (χ0n) is 13.7. The molecule has 0 aliphatic heterocycles. The van der Waals surface area contributed by atoms with Gasteiger partial charge in [0.15, 0.2) is 0 Å². The summed E-state index contributed by atoms with van der Waals surface area (Å²) in [4.78, 5) is 0. The van der Waals surface area contributed by atoms with Crippen LogP contribution >= 0.6 is 7.92 Å². The molecule has 0 unspecified atom stereocenters. The highest BCUT2D eigenvalue weighted by Gasteiger charge is 2.13. The number of methoxy groups -OCH3 is 2. The summed E-state index contributed by atoms with van der Waals surface area (Å²) >= 11 is 0. The van der Waals surface area contributed by atoms with Crippen LogP contribution in [0.2, 0.25) is 0 Å². The molecular formula is C19H25O2P. The molecule has 0 atom stereocenters. The number of hydrogen-bond acceptors (Lipinski definition) is 2. The maximum atomic E-state index is 5.27. The minimum Gasteiger partial charge on any atom is -0.497 e. The topological polar surface area (TPSA) is 18.5 Å². The van der Waals surface area contributed by atoms with Crippen molar-refractivity contribution in [3.63, 3.8) is 0 Å². The quantitative estimate of drug-likeness (QED) is 0.533. The Hall–Kier alpha value is -1.53. The molecule has 2 rings (SSSR count). The molecule has 0 saturated heterocycles. The first-order valence-electron chi connectivity index (χ1n) is 7.84. The second kappa shape index (κ2) is 8.80.